The Kier molecular flexibility index (Phi) is 4.02. The minimum Gasteiger partial charge on any atom is -0.487 e. The Labute approximate surface area is 115 Å². The zero-order chi connectivity index (χ0) is 14.7. The number of nitrogens with zero attached hydrogens (tertiary/aromatic N) is 2. The van der Waals surface area contributed by atoms with E-state index in [-0.39, 0.29) is 24.2 Å². The fourth-order valence-corrected chi connectivity index (χ4v) is 1.78. The highest BCUT2D eigenvalue weighted by Crippen LogP contribution is 2.16. The molecule has 1 heterocycles. The minimum absolute atomic E-state index is 0.0172. The van der Waals surface area contributed by atoms with Gasteiger partial charge in [-0.3, -0.25) is 4.68 Å². The summed E-state index contributed by atoms with van der Waals surface area (Å²) in [6.45, 7) is 3.98. The molecule has 106 valence electrons. The second-order valence-corrected chi connectivity index (χ2v) is 4.61. The monoisotopic (exact) mass is 278 g/mol. The maximum absolute atomic E-state index is 12.8. The molecule has 0 atom stereocenters. The summed E-state index contributed by atoms with van der Waals surface area (Å²) in [5.41, 5.74) is 0.637. The van der Waals surface area contributed by atoms with Crippen LogP contribution in [0.3, 0.4) is 0 Å². The number of hydrogen-bond donors (Lipinski definition) is 1. The van der Waals surface area contributed by atoms with Gasteiger partial charge in [-0.2, -0.15) is 5.10 Å². The molecule has 0 aliphatic heterocycles. The average Bonchev–Trinajstić information content (AvgIpc) is 2.82. The van der Waals surface area contributed by atoms with E-state index in [0.29, 0.717) is 11.4 Å². The Morgan fingerprint density at radius 3 is 2.60 bits per heavy atom. The van der Waals surface area contributed by atoms with Crippen LogP contribution >= 0.6 is 0 Å². The smallest absolute Gasteiger partial charge is 0.356 e. The summed E-state index contributed by atoms with van der Waals surface area (Å²) in [5, 5.41) is 13.0. The van der Waals surface area contributed by atoms with Crippen molar-refractivity contribution in [2.75, 3.05) is 0 Å². The second kappa shape index (κ2) is 5.73. The quantitative estimate of drug-likeness (QED) is 0.913. The van der Waals surface area contributed by atoms with Crippen LogP contribution in [0.5, 0.6) is 5.75 Å². The molecular formula is C14H15FN2O3. The van der Waals surface area contributed by atoms with Crippen LogP contribution in [0.4, 0.5) is 4.39 Å². The van der Waals surface area contributed by atoms with Crippen molar-refractivity contribution in [1.82, 2.24) is 9.78 Å². The number of carboxylic acids is 1. The third kappa shape index (κ3) is 3.14. The van der Waals surface area contributed by atoms with Crippen molar-refractivity contribution in [2.24, 2.45) is 0 Å². The maximum Gasteiger partial charge on any atom is 0.356 e. The van der Waals surface area contributed by atoms with Gasteiger partial charge in [0.1, 0.15) is 18.2 Å². The second-order valence-electron chi connectivity index (χ2n) is 4.61. The van der Waals surface area contributed by atoms with Crippen LogP contribution in [0.2, 0.25) is 0 Å². The standard InChI is InChI=1S/C14H15FN2O3/c1-9(2)17-11(7-13(16-17)14(18)19)8-20-12-5-3-10(15)4-6-12/h3-7,9H,8H2,1-2H3,(H,18,19). The summed E-state index contributed by atoms with van der Waals surface area (Å²) in [5.74, 6) is -0.898. The predicted octanol–water partition coefficient (Wildman–Crippen LogP) is 2.88. The molecule has 0 unspecified atom stereocenters. The molecule has 1 aromatic heterocycles. The van der Waals surface area contributed by atoms with Crippen LogP contribution in [0.15, 0.2) is 30.3 Å². The van der Waals surface area contributed by atoms with Crippen LogP contribution in [0.25, 0.3) is 0 Å². The summed E-state index contributed by atoms with van der Waals surface area (Å²) in [6.07, 6.45) is 0. The number of rotatable bonds is 5. The lowest BCUT2D eigenvalue weighted by Gasteiger charge is -2.11. The molecule has 20 heavy (non-hydrogen) atoms. The van der Waals surface area contributed by atoms with Crippen LogP contribution in [-0.2, 0) is 6.61 Å². The van der Waals surface area contributed by atoms with Gasteiger partial charge in [-0.1, -0.05) is 0 Å². The SMILES string of the molecule is CC(C)n1nc(C(=O)O)cc1COc1ccc(F)cc1. The van der Waals surface area contributed by atoms with Crippen molar-refractivity contribution >= 4 is 5.97 Å². The van der Waals surface area contributed by atoms with E-state index >= 15 is 0 Å². The zero-order valence-corrected chi connectivity index (χ0v) is 11.2. The van der Waals surface area contributed by atoms with Crippen LogP contribution in [0.1, 0.15) is 36.1 Å². The minimum atomic E-state index is -1.08. The predicted molar refractivity (Wildman–Crippen MR) is 70.3 cm³/mol. The van der Waals surface area contributed by atoms with Crippen LogP contribution < -0.4 is 4.74 Å². The Bertz CT molecular complexity index is 605. The number of aromatic carboxylic acids is 1. The van der Waals surface area contributed by atoms with Gasteiger partial charge >= 0.3 is 5.97 Å². The molecule has 2 rings (SSSR count). The van der Waals surface area contributed by atoms with Gasteiger partial charge in [0.15, 0.2) is 5.69 Å². The van der Waals surface area contributed by atoms with Gasteiger partial charge in [-0.15, -0.1) is 0 Å². The van der Waals surface area contributed by atoms with Gasteiger partial charge in [0, 0.05) is 6.04 Å². The zero-order valence-electron chi connectivity index (χ0n) is 11.2. The molecule has 2 aromatic rings. The van der Waals surface area contributed by atoms with E-state index in [2.05, 4.69) is 5.10 Å². The lowest BCUT2D eigenvalue weighted by molar-refractivity contribution is 0.0689. The Morgan fingerprint density at radius 2 is 2.05 bits per heavy atom. The van der Waals surface area contributed by atoms with Gasteiger partial charge in [-0.05, 0) is 44.2 Å². The number of carbonyl (C=O) groups is 1. The fourth-order valence-electron chi connectivity index (χ4n) is 1.78. The van der Waals surface area contributed by atoms with Crippen molar-refractivity contribution < 1.29 is 19.0 Å². The van der Waals surface area contributed by atoms with Gasteiger partial charge in [0.05, 0.1) is 5.69 Å². The summed E-state index contributed by atoms with van der Waals surface area (Å²) in [6, 6.07) is 7.14. The first kappa shape index (κ1) is 14.0. The number of benzene rings is 1. The van der Waals surface area contributed by atoms with E-state index in [4.69, 9.17) is 9.84 Å². The fraction of sp³-hybridized carbons (Fsp3) is 0.286. The lowest BCUT2D eigenvalue weighted by Crippen LogP contribution is -2.10. The molecule has 5 nitrogen and oxygen atoms in total. The molecule has 1 aromatic carbocycles. The third-order valence-electron chi connectivity index (χ3n) is 2.72. The van der Waals surface area contributed by atoms with Crippen LogP contribution in [-0.4, -0.2) is 20.9 Å². The normalized spacial score (nSPS) is 10.8. The average molecular weight is 278 g/mol. The lowest BCUT2D eigenvalue weighted by atomic mass is 10.3. The highest BCUT2D eigenvalue weighted by molar-refractivity contribution is 5.85. The van der Waals surface area contributed by atoms with Gasteiger partial charge < -0.3 is 9.84 Å². The van der Waals surface area contributed by atoms with E-state index < -0.39 is 5.97 Å². The first-order chi connectivity index (χ1) is 9.47. The van der Waals surface area contributed by atoms with Crippen LogP contribution in [0, 0.1) is 5.82 Å². The number of aromatic nitrogens is 2. The van der Waals surface area contributed by atoms with Crippen molar-refractivity contribution in [3.63, 3.8) is 0 Å². The molecule has 0 saturated heterocycles. The number of ether oxygens (including phenoxy) is 1. The molecule has 0 amide bonds. The first-order valence-corrected chi connectivity index (χ1v) is 6.17. The highest BCUT2D eigenvalue weighted by Gasteiger charge is 2.15. The summed E-state index contributed by atoms with van der Waals surface area (Å²) in [7, 11) is 0. The summed E-state index contributed by atoms with van der Waals surface area (Å²) < 4.78 is 19.9. The maximum atomic E-state index is 12.8. The molecule has 0 bridgehead atoms. The molecule has 1 N–H and O–H groups in total. The largest absolute Gasteiger partial charge is 0.487 e. The van der Waals surface area contributed by atoms with E-state index in [0.717, 1.165) is 0 Å². The number of hydrogen-bond acceptors (Lipinski definition) is 3. The molecule has 0 saturated carbocycles. The molecule has 6 heteroatoms. The molecular weight excluding hydrogens is 263 g/mol. The Morgan fingerprint density at radius 1 is 1.40 bits per heavy atom. The Balaban J connectivity index is 2.15. The summed E-state index contributed by atoms with van der Waals surface area (Å²) >= 11 is 0. The van der Waals surface area contributed by atoms with Gasteiger partial charge in [0.2, 0.25) is 0 Å². The van der Waals surface area contributed by atoms with Gasteiger partial charge in [0.25, 0.3) is 0 Å². The van der Waals surface area contributed by atoms with E-state index in [1.54, 1.807) is 4.68 Å². The van der Waals surface area contributed by atoms with E-state index in [1.165, 1.54) is 30.3 Å². The van der Waals surface area contributed by atoms with Crippen molar-refractivity contribution in [3.8, 4) is 5.75 Å². The van der Waals surface area contributed by atoms with Crippen molar-refractivity contribution in [2.45, 2.75) is 26.5 Å². The highest BCUT2D eigenvalue weighted by atomic mass is 19.1. The summed E-state index contributed by atoms with van der Waals surface area (Å²) in [4.78, 5) is 10.9. The topological polar surface area (TPSA) is 64.4 Å². The number of carboxylic acid groups (broad SMARTS) is 1. The first-order valence-electron chi connectivity index (χ1n) is 6.17. The van der Waals surface area contributed by atoms with Crippen molar-refractivity contribution in [1.29, 1.82) is 0 Å². The molecule has 0 fully saturated rings. The van der Waals surface area contributed by atoms with E-state index in [1.807, 2.05) is 13.8 Å². The molecule has 0 aliphatic rings. The van der Waals surface area contributed by atoms with Crippen molar-refractivity contribution in [3.05, 3.63) is 47.5 Å². The molecule has 0 radical (unpaired) electrons. The Hall–Kier alpha value is -2.37. The number of halogens is 1. The van der Waals surface area contributed by atoms with E-state index in [9.17, 15) is 9.18 Å². The molecule has 0 spiro atoms. The molecule has 0 aliphatic carbocycles. The van der Waals surface area contributed by atoms with Gasteiger partial charge in [-0.25, -0.2) is 9.18 Å². The third-order valence-corrected chi connectivity index (χ3v) is 2.72.